The first kappa shape index (κ1) is 9.05. The van der Waals surface area contributed by atoms with Crippen molar-refractivity contribution < 1.29 is 0 Å². The predicted molar refractivity (Wildman–Crippen MR) is 51.8 cm³/mol. The Morgan fingerprint density at radius 1 is 1.36 bits per heavy atom. The standard InChI is InChI=1S/C9H12N4O/c1-5-6-7(8(14)13(4)11-5)10-12-9(6,2)3/h1-4H3. The van der Waals surface area contributed by atoms with Crippen molar-refractivity contribution in [2.24, 2.45) is 17.3 Å². The lowest BCUT2D eigenvalue weighted by Gasteiger charge is -2.15. The van der Waals surface area contributed by atoms with Gasteiger partial charge in [0.2, 0.25) is 0 Å². The zero-order valence-corrected chi connectivity index (χ0v) is 8.70. The van der Waals surface area contributed by atoms with Crippen molar-refractivity contribution in [1.29, 1.82) is 0 Å². The minimum Gasteiger partial charge on any atom is -0.265 e. The summed E-state index contributed by atoms with van der Waals surface area (Å²) >= 11 is 0. The van der Waals surface area contributed by atoms with Gasteiger partial charge in [-0.3, -0.25) is 4.79 Å². The monoisotopic (exact) mass is 192 g/mol. The molecular formula is C9H12N4O. The summed E-state index contributed by atoms with van der Waals surface area (Å²) in [6.45, 7) is 5.73. The molecule has 0 spiro atoms. The fraction of sp³-hybridized carbons (Fsp3) is 0.556. The second-order valence-corrected chi connectivity index (χ2v) is 4.00. The highest BCUT2D eigenvalue weighted by Gasteiger charge is 2.33. The molecule has 0 unspecified atom stereocenters. The lowest BCUT2D eigenvalue weighted by Crippen LogP contribution is -2.24. The predicted octanol–water partition coefficient (Wildman–Crippen LogP) is 1.42. The van der Waals surface area contributed by atoms with Crippen LogP contribution in [0.1, 0.15) is 25.1 Å². The average molecular weight is 192 g/mol. The molecule has 1 aliphatic heterocycles. The number of fused-ring (bicyclic) bond motifs is 1. The molecule has 1 aromatic heterocycles. The van der Waals surface area contributed by atoms with Gasteiger partial charge in [-0.1, -0.05) is 0 Å². The summed E-state index contributed by atoms with van der Waals surface area (Å²) < 4.78 is 1.30. The maximum absolute atomic E-state index is 11.6. The summed E-state index contributed by atoms with van der Waals surface area (Å²) in [4.78, 5) is 11.6. The summed E-state index contributed by atoms with van der Waals surface area (Å²) in [7, 11) is 1.62. The highest BCUT2D eigenvalue weighted by molar-refractivity contribution is 5.51. The van der Waals surface area contributed by atoms with E-state index < -0.39 is 5.54 Å². The van der Waals surface area contributed by atoms with Crippen LogP contribution in [0.5, 0.6) is 0 Å². The molecule has 14 heavy (non-hydrogen) atoms. The van der Waals surface area contributed by atoms with Gasteiger partial charge >= 0.3 is 0 Å². The number of hydrogen-bond acceptors (Lipinski definition) is 4. The quantitative estimate of drug-likeness (QED) is 0.624. The van der Waals surface area contributed by atoms with E-state index in [1.165, 1.54) is 4.68 Å². The molecule has 5 heteroatoms. The molecule has 1 aliphatic rings. The molecule has 5 nitrogen and oxygen atoms in total. The summed E-state index contributed by atoms with van der Waals surface area (Å²) in [5.74, 6) is 0. The molecule has 0 amide bonds. The van der Waals surface area contributed by atoms with Crippen LogP contribution < -0.4 is 5.56 Å². The zero-order chi connectivity index (χ0) is 10.5. The maximum atomic E-state index is 11.6. The van der Waals surface area contributed by atoms with E-state index in [1.807, 2.05) is 20.8 Å². The van der Waals surface area contributed by atoms with Gasteiger partial charge in [0.25, 0.3) is 5.56 Å². The zero-order valence-electron chi connectivity index (χ0n) is 8.70. The SMILES string of the molecule is Cc1nn(C)c(=O)c2c1C(C)(C)N=N2. The van der Waals surface area contributed by atoms with Gasteiger partial charge in [-0.15, -0.1) is 5.11 Å². The Hall–Kier alpha value is -1.52. The Balaban J connectivity index is 2.86. The fourth-order valence-corrected chi connectivity index (χ4v) is 1.80. The molecule has 0 atom stereocenters. The van der Waals surface area contributed by atoms with E-state index >= 15 is 0 Å². The van der Waals surface area contributed by atoms with Crippen LogP contribution in [0.25, 0.3) is 0 Å². The molecule has 0 aromatic carbocycles. The number of aryl methyl sites for hydroxylation is 2. The highest BCUT2D eigenvalue weighted by atomic mass is 16.1. The number of rotatable bonds is 0. The normalized spacial score (nSPS) is 17.1. The van der Waals surface area contributed by atoms with E-state index in [9.17, 15) is 4.79 Å². The minimum atomic E-state index is -0.417. The van der Waals surface area contributed by atoms with Gasteiger partial charge in [0.1, 0.15) is 5.54 Å². The van der Waals surface area contributed by atoms with E-state index in [1.54, 1.807) is 7.05 Å². The average Bonchev–Trinajstić information content (AvgIpc) is 2.38. The number of hydrogen-bond donors (Lipinski definition) is 0. The third-order valence-electron chi connectivity index (χ3n) is 2.41. The Morgan fingerprint density at radius 2 is 2.00 bits per heavy atom. The minimum absolute atomic E-state index is 0.181. The van der Waals surface area contributed by atoms with Crippen molar-refractivity contribution in [3.63, 3.8) is 0 Å². The van der Waals surface area contributed by atoms with Crippen molar-refractivity contribution in [3.8, 4) is 0 Å². The second kappa shape index (κ2) is 2.50. The smallest absolute Gasteiger partial charge is 0.265 e. The molecule has 0 saturated carbocycles. The number of aromatic nitrogens is 2. The molecular weight excluding hydrogens is 180 g/mol. The van der Waals surface area contributed by atoms with Gasteiger partial charge in [0.05, 0.1) is 5.69 Å². The third-order valence-corrected chi connectivity index (χ3v) is 2.41. The van der Waals surface area contributed by atoms with Gasteiger partial charge in [-0.2, -0.15) is 10.2 Å². The van der Waals surface area contributed by atoms with Crippen LogP contribution in [0.3, 0.4) is 0 Å². The van der Waals surface area contributed by atoms with Crippen LogP contribution >= 0.6 is 0 Å². The molecule has 0 fully saturated rings. The lowest BCUT2D eigenvalue weighted by atomic mass is 9.94. The second-order valence-electron chi connectivity index (χ2n) is 4.00. The number of nitrogens with zero attached hydrogens (tertiary/aromatic N) is 4. The Labute approximate surface area is 81.5 Å². The molecule has 0 saturated heterocycles. The Morgan fingerprint density at radius 3 is 2.64 bits per heavy atom. The number of azo groups is 1. The first-order valence-corrected chi connectivity index (χ1v) is 4.45. The largest absolute Gasteiger partial charge is 0.294 e. The van der Waals surface area contributed by atoms with E-state index in [4.69, 9.17) is 0 Å². The van der Waals surface area contributed by atoms with Crippen molar-refractivity contribution in [1.82, 2.24) is 9.78 Å². The molecule has 0 bridgehead atoms. The summed E-state index contributed by atoms with van der Waals surface area (Å²) in [6, 6.07) is 0. The molecule has 1 aromatic rings. The van der Waals surface area contributed by atoms with E-state index in [0.29, 0.717) is 5.69 Å². The van der Waals surface area contributed by atoms with Crippen molar-refractivity contribution in [3.05, 3.63) is 21.6 Å². The van der Waals surface area contributed by atoms with Crippen molar-refractivity contribution >= 4 is 5.69 Å². The van der Waals surface area contributed by atoms with Crippen LogP contribution in [-0.4, -0.2) is 9.78 Å². The van der Waals surface area contributed by atoms with Gasteiger partial charge in [-0.25, -0.2) is 4.68 Å². The molecule has 0 aliphatic carbocycles. The van der Waals surface area contributed by atoms with Gasteiger partial charge in [-0.05, 0) is 20.8 Å². The van der Waals surface area contributed by atoms with Crippen molar-refractivity contribution in [2.45, 2.75) is 26.3 Å². The third kappa shape index (κ3) is 1.01. The van der Waals surface area contributed by atoms with Gasteiger partial charge < -0.3 is 0 Å². The molecule has 2 rings (SSSR count). The summed E-state index contributed by atoms with van der Waals surface area (Å²) in [5, 5.41) is 12.1. The molecule has 0 radical (unpaired) electrons. The van der Waals surface area contributed by atoms with Crippen LogP contribution in [0.4, 0.5) is 5.69 Å². The van der Waals surface area contributed by atoms with Crippen LogP contribution in [0.2, 0.25) is 0 Å². The van der Waals surface area contributed by atoms with Crippen LogP contribution in [0, 0.1) is 6.92 Å². The van der Waals surface area contributed by atoms with Gasteiger partial charge in [0, 0.05) is 12.6 Å². The highest BCUT2D eigenvalue weighted by Crippen LogP contribution is 2.38. The Kier molecular flexibility index (Phi) is 1.61. The van der Waals surface area contributed by atoms with Crippen LogP contribution in [-0.2, 0) is 12.6 Å². The fourth-order valence-electron chi connectivity index (χ4n) is 1.80. The first-order valence-electron chi connectivity index (χ1n) is 4.45. The summed E-state index contributed by atoms with van der Waals surface area (Å²) in [5.41, 5.74) is 1.50. The summed E-state index contributed by atoms with van der Waals surface area (Å²) in [6.07, 6.45) is 0. The topological polar surface area (TPSA) is 59.6 Å². The van der Waals surface area contributed by atoms with E-state index in [2.05, 4.69) is 15.3 Å². The van der Waals surface area contributed by atoms with Gasteiger partial charge in [0.15, 0.2) is 5.69 Å². The van der Waals surface area contributed by atoms with E-state index in [-0.39, 0.29) is 5.56 Å². The molecule has 74 valence electrons. The van der Waals surface area contributed by atoms with E-state index in [0.717, 1.165) is 11.3 Å². The van der Waals surface area contributed by atoms with Crippen molar-refractivity contribution in [2.75, 3.05) is 0 Å². The molecule has 0 N–H and O–H groups in total. The Bertz CT molecular complexity index is 484. The van der Waals surface area contributed by atoms with Crippen LogP contribution in [0.15, 0.2) is 15.0 Å². The maximum Gasteiger partial charge on any atom is 0.294 e. The molecule has 2 heterocycles. The first-order chi connectivity index (χ1) is 6.43. The lowest BCUT2D eigenvalue weighted by molar-refractivity contribution is 0.543.